The van der Waals surface area contributed by atoms with Gasteiger partial charge in [0.25, 0.3) is 0 Å². The summed E-state index contributed by atoms with van der Waals surface area (Å²) in [6.07, 6.45) is 2.28. The second-order valence-corrected chi connectivity index (χ2v) is 21.8. The fourth-order valence-electron chi connectivity index (χ4n) is 9.30. The van der Waals surface area contributed by atoms with Crippen LogP contribution in [0.4, 0.5) is 21.0 Å². The maximum absolute atomic E-state index is 12.6. The van der Waals surface area contributed by atoms with Crippen LogP contribution in [-0.2, 0) is 46.4 Å². The number of hydrogen-bond acceptors (Lipinski definition) is 11. The molecule has 4 heterocycles. The van der Waals surface area contributed by atoms with E-state index >= 15 is 0 Å². The standard InChI is InChI=1S/2C30H41N3O5/c1-30(2,3)38-29(34)33(12-16-35-4)13-17-37-21-22-18-24-20-26(23-8-6-5-7-9-23)32-28(24)27(19-22)31-25-10-14-36-15-11-25;1-30(2,3)27(19-33(29(34)35)12-15-36-4)38-20-21-16-23-18-25(22-8-6-5-7-9-22)32-28(23)26(17-21)31-24-10-13-37-14-11-24/h5-9,18-20,25,31-32H,10-17,21H2,1-4H3;5-9,16-18,24,27,31-32H,10-15,19-20H2,1-4H3,(H,34,35). The van der Waals surface area contributed by atoms with Crippen LogP contribution in [0.1, 0.15) is 78.4 Å². The molecule has 2 fully saturated rings. The minimum absolute atomic E-state index is 0.247. The summed E-state index contributed by atoms with van der Waals surface area (Å²) in [5, 5.41) is 19.4. The van der Waals surface area contributed by atoms with E-state index in [4.69, 9.17) is 33.2 Å². The van der Waals surface area contributed by atoms with Crippen molar-refractivity contribution >= 4 is 45.4 Å². The highest BCUT2D eigenvalue weighted by molar-refractivity contribution is 5.96. The molecule has 76 heavy (non-hydrogen) atoms. The molecule has 5 N–H and O–H groups in total. The Morgan fingerprint density at radius 1 is 0.645 bits per heavy atom. The lowest BCUT2D eigenvalue weighted by Gasteiger charge is -2.34. The number of ether oxygens (including phenoxy) is 7. The summed E-state index contributed by atoms with van der Waals surface area (Å²) < 4.78 is 39.4. The number of benzene rings is 4. The van der Waals surface area contributed by atoms with E-state index < -0.39 is 11.7 Å². The second-order valence-electron chi connectivity index (χ2n) is 21.8. The Bertz CT molecular complexity index is 2710. The normalized spacial score (nSPS) is 15.0. The molecular weight excluding hydrogens is 965 g/mol. The molecular formula is C60H82N6O10. The molecule has 2 amide bonds. The van der Waals surface area contributed by atoms with E-state index in [1.807, 2.05) is 45.0 Å². The van der Waals surface area contributed by atoms with Crippen molar-refractivity contribution in [2.75, 3.05) is 97.3 Å². The summed E-state index contributed by atoms with van der Waals surface area (Å²) in [7, 11) is 3.19. The van der Waals surface area contributed by atoms with Gasteiger partial charge in [-0.15, -0.1) is 0 Å². The highest BCUT2D eigenvalue weighted by Crippen LogP contribution is 2.34. The van der Waals surface area contributed by atoms with Gasteiger partial charge in [0, 0.05) is 94.5 Å². The monoisotopic (exact) mass is 1050 g/mol. The Morgan fingerprint density at radius 3 is 1.55 bits per heavy atom. The number of H-pyrrole nitrogens is 2. The average molecular weight is 1050 g/mol. The van der Waals surface area contributed by atoms with Crippen molar-refractivity contribution in [1.29, 1.82) is 0 Å². The Labute approximate surface area is 449 Å². The summed E-state index contributed by atoms with van der Waals surface area (Å²) >= 11 is 0. The van der Waals surface area contributed by atoms with Crippen molar-refractivity contribution in [3.05, 3.63) is 108 Å². The van der Waals surface area contributed by atoms with Crippen molar-refractivity contribution in [1.82, 2.24) is 19.8 Å². The van der Waals surface area contributed by atoms with Gasteiger partial charge in [-0.25, -0.2) is 9.59 Å². The molecule has 0 radical (unpaired) electrons. The number of nitrogens with one attached hydrogen (secondary N) is 4. The average Bonchev–Trinajstić information content (AvgIpc) is 4.06. The van der Waals surface area contributed by atoms with Crippen molar-refractivity contribution in [3.63, 3.8) is 0 Å². The Hall–Kier alpha value is -6.14. The van der Waals surface area contributed by atoms with Crippen molar-refractivity contribution < 1.29 is 47.9 Å². The number of nitrogens with zero attached hydrogens (tertiary/aromatic N) is 2. The van der Waals surface area contributed by atoms with Gasteiger partial charge in [-0.05, 0) is 111 Å². The number of fused-ring (bicyclic) bond motifs is 2. The lowest BCUT2D eigenvalue weighted by atomic mass is 9.88. The van der Waals surface area contributed by atoms with E-state index in [0.29, 0.717) is 64.8 Å². The molecule has 8 rings (SSSR count). The first-order valence-electron chi connectivity index (χ1n) is 26.8. The van der Waals surface area contributed by atoms with Crippen LogP contribution in [0.15, 0.2) is 97.1 Å². The summed E-state index contributed by atoms with van der Waals surface area (Å²) in [6, 6.07) is 34.4. The Morgan fingerprint density at radius 2 is 1.11 bits per heavy atom. The van der Waals surface area contributed by atoms with Crippen LogP contribution in [0, 0.1) is 5.41 Å². The van der Waals surface area contributed by atoms with Crippen LogP contribution in [0.2, 0.25) is 0 Å². The highest BCUT2D eigenvalue weighted by atomic mass is 16.6. The van der Waals surface area contributed by atoms with Crippen LogP contribution >= 0.6 is 0 Å². The molecule has 1 atom stereocenters. The predicted molar refractivity (Wildman–Crippen MR) is 301 cm³/mol. The van der Waals surface area contributed by atoms with Gasteiger partial charge in [0.2, 0.25) is 0 Å². The minimum atomic E-state index is -0.968. The largest absolute Gasteiger partial charge is 0.465 e. The first-order chi connectivity index (χ1) is 36.6. The van der Waals surface area contributed by atoms with Gasteiger partial charge in [0.15, 0.2) is 0 Å². The number of carbonyl (C=O) groups excluding carboxylic acids is 1. The van der Waals surface area contributed by atoms with Gasteiger partial charge >= 0.3 is 12.2 Å². The molecule has 0 saturated carbocycles. The number of methoxy groups -OCH3 is 2. The predicted octanol–water partition coefficient (Wildman–Crippen LogP) is 11.8. The van der Waals surface area contributed by atoms with Crippen molar-refractivity contribution in [2.24, 2.45) is 5.41 Å². The molecule has 2 aromatic heterocycles. The first kappa shape index (κ1) is 57.6. The summed E-state index contributed by atoms with van der Waals surface area (Å²) in [5.41, 5.74) is 10.0. The number of rotatable bonds is 22. The zero-order chi connectivity index (χ0) is 54.1. The molecule has 2 saturated heterocycles. The molecule has 6 aromatic rings. The van der Waals surface area contributed by atoms with E-state index in [-0.39, 0.29) is 24.2 Å². The van der Waals surface area contributed by atoms with Gasteiger partial charge in [0.05, 0.1) is 68.1 Å². The minimum Gasteiger partial charge on any atom is -0.465 e. The quantitative estimate of drug-likeness (QED) is 0.0407. The zero-order valence-corrected chi connectivity index (χ0v) is 46.0. The number of carboxylic acid groups (broad SMARTS) is 1. The van der Waals surface area contributed by atoms with E-state index in [0.717, 1.165) is 119 Å². The van der Waals surface area contributed by atoms with Crippen molar-refractivity contribution in [2.45, 2.75) is 104 Å². The summed E-state index contributed by atoms with van der Waals surface area (Å²) in [6.45, 7) is 18.4. The second kappa shape index (κ2) is 27.8. The topological polar surface area (TPSA) is 181 Å². The molecule has 0 spiro atoms. The van der Waals surface area contributed by atoms with Gasteiger partial charge in [-0.3, -0.25) is 0 Å². The lowest BCUT2D eigenvalue weighted by molar-refractivity contribution is -0.0456. The molecule has 0 bridgehead atoms. The summed E-state index contributed by atoms with van der Waals surface area (Å²) in [4.78, 5) is 34.7. The number of carbonyl (C=O) groups is 2. The lowest BCUT2D eigenvalue weighted by Crippen LogP contribution is -2.44. The number of anilines is 2. The van der Waals surface area contributed by atoms with E-state index in [1.165, 1.54) is 4.90 Å². The van der Waals surface area contributed by atoms with Gasteiger partial charge in [-0.1, -0.05) is 81.4 Å². The molecule has 2 aliphatic heterocycles. The molecule has 4 aromatic carbocycles. The number of aromatic nitrogens is 2. The zero-order valence-electron chi connectivity index (χ0n) is 46.0. The maximum atomic E-state index is 12.6. The molecule has 1 unspecified atom stereocenters. The van der Waals surface area contributed by atoms with E-state index in [1.54, 1.807) is 19.1 Å². The van der Waals surface area contributed by atoms with E-state index in [9.17, 15) is 14.7 Å². The Kier molecular flexibility index (Phi) is 21.0. The van der Waals surface area contributed by atoms with Crippen LogP contribution < -0.4 is 10.6 Å². The fraction of sp³-hybridized carbons (Fsp3) is 0.500. The molecule has 0 aliphatic carbocycles. The smallest absolute Gasteiger partial charge is 0.410 e. The van der Waals surface area contributed by atoms with Crippen LogP contribution in [0.3, 0.4) is 0 Å². The van der Waals surface area contributed by atoms with Crippen LogP contribution in [0.5, 0.6) is 0 Å². The first-order valence-corrected chi connectivity index (χ1v) is 26.8. The van der Waals surface area contributed by atoms with Crippen molar-refractivity contribution in [3.8, 4) is 22.5 Å². The number of hydrogen-bond donors (Lipinski definition) is 5. The van der Waals surface area contributed by atoms with Crippen LogP contribution in [-0.4, -0.2) is 147 Å². The third-order valence-corrected chi connectivity index (χ3v) is 13.5. The SMILES string of the molecule is COCCN(CC(OCc1cc(NC2CCOCC2)c2[nH]c(-c3ccccc3)cc2c1)C(C)(C)C)C(=O)O.COCCN(CCOCc1cc(NC2CCOCC2)c2[nH]c(-c3ccccc3)cc2c1)C(=O)OC(C)(C)C. The number of amides is 2. The molecule has 412 valence electrons. The maximum Gasteiger partial charge on any atom is 0.410 e. The molecule has 16 nitrogen and oxygen atoms in total. The third-order valence-electron chi connectivity index (χ3n) is 13.5. The van der Waals surface area contributed by atoms with Gasteiger partial charge < -0.3 is 68.7 Å². The highest BCUT2D eigenvalue weighted by Gasteiger charge is 2.30. The fourth-order valence-corrected chi connectivity index (χ4v) is 9.30. The van der Waals surface area contributed by atoms with Gasteiger partial charge in [-0.2, -0.15) is 0 Å². The Balaban J connectivity index is 0.000000221. The van der Waals surface area contributed by atoms with Gasteiger partial charge in [0.1, 0.15) is 5.60 Å². The molecule has 16 heteroatoms. The van der Waals surface area contributed by atoms with Crippen LogP contribution in [0.25, 0.3) is 44.3 Å². The third kappa shape index (κ3) is 17.2. The van der Waals surface area contributed by atoms with E-state index in [2.05, 4.69) is 114 Å². The summed E-state index contributed by atoms with van der Waals surface area (Å²) in [5.74, 6) is 0. The molecule has 2 aliphatic rings. The number of aromatic amines is 2.